The first kappa shape index (κ1) is 21.6. The Kier molecular flexibility index (Phi) is 6.80. The number of hydrogen-bond donors (Lipinski definition) is 1. The Labute approximate surface area is 186 Å². The maximum Gasteiger partial charge on any atom is 0.303 e. The Hall–Kier alpha value is -3.67. The van der Waals surface area contributed by atoms with Crippen molar-refractivity contribution in [2.45, 2.75) is 32.2 Å². The van der Waals surface area contributed by atoms with Gasteiger partial charge >= 0.3 is 5.97 Å². The van der Waals surface area contributed by atoms with Gasteiger partial charge in [0.05, 0.1) is 24.2 Å². The zero-order valence-corrected chi connectivity index (χ0v) is 17.7. The second-order valence-electron chi connectivity index (χ2n) is 7.68. The number of carbonyl (C=O) groups is 1. The lowest BCUT2D eigenvalue weighted by atomic mass is 10.1. The summed E-state index contributed by atoms with van der Waals surface area (Å²) in [5.74, 6) is 0.530. The molecule has 1 N–H and O–H groups in total. The molecule has 4 rings (SSSR count). The molecule has 0 spiro atoms. The Morgan fingerprint density at radius 2 is 1.69 bits per heavy atom. The van der Waals surface area contributed by atoms with Crippen LogP contribution in [-0.2, 0) is 11.3 Å². The van der Waals surface area contributed by atoms with Crippen LogP contribution in [-0.4, -0.2) is 27.2 Å². The van der Waals surface area contributed by atoms with Crippen LogP contribution in [0, 0.1) is 5.82 Å². The fraction of sp³-hybridized carbons (Fsp3) is 0.231. The van der Waals surface area contributed by atoms with Crippen molar-refractivity contribution in [2.24, 2.45) is 0 Å². The van der Waals surface area contributed by atoms with E-state index in [1.165, 1.54) is 12.1 Å². The van der Waals surface area contributed by atoms with Crippen LogP contribution < -0.4 is 4.74 Å². The molecule has 1 aromatic heterocycles. The summed E-state index contributed by atoms with van der Waals surface area (Å²) < 4.78 is 21.6. The smallest absolute Gasteiger partial charge is 0.303 e. The molecule has 1 heterocycles. The predicted octanol–water partition coefficient (Wildman–Crippen LogP) is 5.91. The standard InChI is InChI=1S/C26H25FN2O3/c27-21-15-13-19(14-16-21)26-28-22-9-4-5-10-23(22)29(26)18-20-8-3-6-11-24(20)32-17-7-1-2-12-25(30)31/h3-6,8-11,13-16H,1-2,7,12,17-18H2,(H,30,31). The summed E-state index contributed by atoms with van der Waals surface area (Å²) in [6, 6.07) is 22.2. The monoisotopic (exact) mass is 432 g/mol. The third-order valence-corrected chi connectivity index (χ3v) is 5.35. The first-order valence-corrected chi connectivity index (χ1v) is 10.8. The summed E-state index contributed by atoms with van der Waals surface area (Å²) in [6.45, 7) is 1.09. The van der Waals surface area contributed by atoms with Crippen molar-refractivity contribution in [3.63, 3.8) is 0 Å². The van der Waals surface area contributed by atoms with E-state index in [9.17, 15) is 9.18 Å². The van der Waals surface area contributed by atoms with Gasteiger partial charge in [0.15, 0.2) is 0 Å². The number of ether oxygens (including phenoxy) is 1. The predicted molar refractivity (Wildman–Crippen MR) is 122 cm³/mol. The van der Waals surface area contributed by atoms with E-state index < -0.39 is 5.97 Å². The molecular weight excluding hydrogens is 407 g/mol. The summed E-state index contributed by atoms with van der Waals surface area (Å²) in [5, 5.41) is 8.74. The second kappa shape index (κ2) is 10.1. The molecule has 4 aromatic rings. The summed E-state index contributed by atoms with van der Waals surface area (Å²) in [5.41, 5.74) is 3.74. The normalized spacial score (nSPS) is 11.0. The highest BCUT2D eigenvalue weighted by molar-refractivity contribution is 5.80. The van der Waals surface area contributed by atoms with Gasteiger partial charge in [0.25, 0.3) is 0 Å². The van der Waals surface area contributed by atoms with E-state index in [1.54, 1.807) is 12.1 Å². The zero-order valence-electron chi connectivity index (χ0n) is 17.7. The number of aliphatic carboxylic acids is 1. The molecule has 0 radical (unpaired) electrons. The lowest BCUT2D eigenvalue weighted by Gasteiger charge is -2.14. The molecule has 0 bridgehead atoms. The number of carboxylic acids is 1. The number of nitrogens with zero attached hydrogens (tertiary/aromatic N) is 2. The van der Waals surface area contributed by atoms with Crippen molar-refractivity contribution in [2.75, 3.05) is 6.61 Å². The van der Waals surface area contributed by atoms with E-state index >= 15 is 0 Å². The van der Waals surface area contributed by atoms with Crippen molar-refractivity contribution in [1.82, 2.24) is 9.55 Å². The number of hydrogen-bond acceptors (Lipinski definition) is 3. The molecule has 0 aliphatic carbocycles. The number of para-hydroxylation sites is 3. The quantitative estimate of drug-likeness (QED) is 0.316. The van der Waals surface area contributed by atoms with Gasteiger partial charge < -0.3 is 14.4 Å². The molecule has 164 valence electrons. The molecule has 0 amide bonds. The number of carboxylic acid groups (broad SMARTS) is 1. The van der Waals surface area contributed by atoms with E-state index in [0.29, 0.717) is 19.6 Å². The SMILES string of the molecule is O=C(O)CCCCCOc1ccccc1Cn1c(-c2ccc(F)cc2)nc2ccccc21. The summed E-state index contributed by atoms with van der Waals surface area (Å²) in [4.78, 5) is 15.4. The molecule has 0 atom stereocenters. The van der Waals surface area contributed by atoms with Crippen LogP contribution in [0.25, 0.3) is 22.4 Å². The number of benzene rings is 3. The van der Waals surface area contributed by atoms with Gasteiger partial charge in [0, 0.05) is 17.5 Å². The minimum Gasteiger partial charge on any atom is -0.493 e. The van der Waals surface area contributed by atoms with Crippen LogP contribution in [0.5, 0.6) is 5.75 Å². The number of halogens is 1. The third kappa shape index (κ3) is 5.14. The molecule has 32 heavy (non-hydrogen) atoms. The number of fused-ring (bicyclic) bond motifs is 1. The molecule has 0 fully saturated rings. The van der Waals surface area contributed by atoms with E-state index in [4.69, 9.17) is 14.8 Å². The van der Waals surface area contributed by atoms with Crippen LogP contribution in [0.15, 0.2) is 72.8 Å². The van der Waals surface area contributed by atoms with Gasteiger partial charge in [-0.25, -0.2) is 9.37 Å². The highest BCUT2D eigenvalue weighted by Gasteiger charge is 2.15. The van der Waals surface area contributed by atoms with Crippen molar-refractivity contribution in [1.29, 1.82) is 0 Å². The highest BCUT2D eigenvalue weighted by Crippen LogP contribution is 2.28. The topological polar surface area (TPSA) is 64.3 Å². The van der Waals surface area contributed by atoms with Crippen molar-refractivity contribution >= 4 is 17.0 Å². The Bertz CT molecular complexity index is 1200. The van der Waals surface area contributed by atoms with Gasteiger partial charge in [-0.3, -0.25) is 4.79 Å². The molecule has 0 unspecified atom stereocenters. The molecule has 0 aliphatic rings. The largest absolute Gasteiger partial charge is 0.493 e. The Balaban J connectivity index is 1.57. The fourth-order valence-corrected chi connectivity index (χ4v) is 3.74. The van der Waals surface area contributed by atoms with E-state index in [-0.39, 0.29) is 12.2 Å². The van der Waals surface area contributed by atoms with E-state index in [1.807, 2.05) is 48.5 Å². The molecule has 0 saturated heterocycles. The molecule has 0 aliphatic heterocycles. The molecule has 0 saturated carbocycles. The van der Waals surface area contributed by atoms with Gasteiger partial charge in [0.1, 0.15) is 17.4 Å². The van der Waals surface area contributed by atoms with Gasteiger partial charge in [-0.15, -0.1) is 0 Å². The van der Waals surface area contributed by atoms with Gasteiger partial charge in [-0.2, -0.15) is 0 Å². The average Bonchev–Trinajstić information content (AvgIpc) is 3.16. The van der Waals surface area contributed by atoms with Crippen molar-refractivity contribution < 1.29 is 19.0 Å². The summed E-state index contributed by atoms with van der Waals surface area (Å²) >= 11 is 0. The molecule has 6 heteroatoms. The van der Waals surface area contributed by atoms with Crippen molar-refractivity contribution in [3.8, 4) is 17.1 Å². The summed E-state index contributed by atoms with van der Waals surface area (Å²) in [6.07, 6.45) is 2.46. The lowest BCUT2D eigenvalue weighted by molar-refractivity contribution is -0.137. The van der Waals surface area contributed by atoms with Crippen LogP contribution in [0.4, 0.5) is 4.39 Å². The highest BCUT2D eigenvalue weighted by atomic mass is 19.1. The van der Waals surface area contributed by atoms with E-state index in [2.05, 4.69) is 4.57 Å². The van der Waals surface area contributed by atoms with Gasteiger partial charge in [0.2, 0.25) is 0 Å². The number of aromatic nitrogens is 2. The maximum absolute atomic E-state index is 13.5. The zero-order chi connectivity index (χ0) is 22.3. The summed E-state index contributed by atoms with van der Waals surface area (Å²) in [7, 11) is 0. The molecule has 3 aromatic carbocycles. The van der Waals surface area contributed by atoms with E-state index in [0.717, 1.165) is 46.6 Å². The Morgan fingerprint density at radius 1 is 0.938 bits per heavy atom. The molecule has 5 nitrogen and oxygen atoms in total. The first-order valence-electron chi connectivity index (χ1n) is 10.8. The minimum atomic E-state index is -0.763. The number of imidazole rings is 1. The van der Waals surface area contributed by atoms with Gasteiger partial charge in [-0.05, 0) is 61.7 Å². The second-order valence-corrected chi connectivity index (χ2v) is 7.68. The first-order chi connectivity index (χ1) is 15.6. The number of unbranched alkanes of at least 4 members (excludes halogenated alkanes) is 2. The minimum absolute atomic E-state index is 0.191. The number of rotatable bonds is 10. The average molecular weight is 432 g/mol. The lowest BCUT2D eigenvalue weighted by Crippen LogP contribution is -2.06. The van der Waals surface area contributed by atoms with Crippen LogP contribution in [0.1, 0.15) is 31.2 Å². The Morgan fingerprint density at radius 3 is 2.50 bits per heavy atom. The molecular formula is C26H25FN2O3. The van der Waals surface area contributed by atoms with Gasteiger partial charge in [-0.1, -0.05) is 30.3 Å². The fourth-order valence-electron chi connectivity index (χ4n) is 3.74. The maximum atomic E-state index is 13.5. The van der Waals surface area contributed by atoms with Crippen LogP contribution in [0.3, 0.4) is 0 Å². The van der Waals surface area contributed by atoms with Crippen LogP contribution >= 0.6 is 0 Å². The van der Waals surface area contributed by atoms with Crippen LogP contribution in [0.2, 0.25) is 0 Å². The van der Waals surface area contributed by atoms with Crippen molar-refractivity contribution in [3.05, 3.63) is 84.2 Å². The third-order valence-electron chi connectivity index (χ3n) is 5.35.